The highest BCUT2D eigenvalue weighted by atomic mass is 16.4. The number of hydrogen-bond acceptors (Lipinski definition) is 3. The van der Waals surface area contributed by atoms with E-state index < -0.39 is 5.60 Å². The topological polar surface area (TPSA) is 74.5 Å². The molecule has 3 rings (SSSR count). The molecule has 1 saturated carbocycles. The Bertz CT molecular complexity index is 694. The Hall–Kier alpha value is -2.27. The first-order valence-corrected chi connectivity index (χ1v) is 8.31. The van der Waals surface area contributed by atoms with Gasteiger partial charge in [0.15, 0.2) is 0 Å². The minimum Gasteiger partial charge on any atom is -0.463 e. The van der Waals surface area contributed by atoms with E-state index in [1.807, 2.05) is 25.1 Å². The van der Waals surface area contributed by atoms with Crippen molar-refractivity contribution >= 4 is 6.03 Å². The van der Waals surface area contributed by atoms with Crippen LogP contribution >= 0.6 is 0 Å². The number of furan rings is 1. The lowest BCUT2D eigenvalue weighted by atomic mass is 10.0. The lowest BCUT2D eigenvalue weighted by Crippen LogP contribution is -2.43. The number of carbonyl (C=O) groups is 1. The Labute approximate surface area is 142 Å². The van der Waals surface area contributed by atoms with E-state index in [0.29, 0.717) is 24.1 Å². The molecular formula is C19H24N2O3. The summed E-state index contributed by atoms with van der Waals surface area (Å²) in [5.74, 6) is 2.22. The van der Waals surface area contributed by atoms with Crippen LogP contribution in [0.4, 0.5) is 4.79 Å². The number of benzene rings is 1. The van der Waals surface area contributed by atoms with Gasteiger partial charge >= 0.3 is 6.03 Å². The summed E-state index contributed by atoms with van der Waals surface area (Å²) in [7, 11) is 0. The van der Waals surface area contributed by atoms with Crippen LogP contribution in [0.2, 0.25) is 0 Å². The SMILES string of the molecule is Cc1ccc(C(C)(O)CNC(=O)NCC2CC2c2ccccc2)o1. The zero-order chi connectivity index (χ0) is 17.2. The maximum Gasteiger partial charge on any atom is 0.314 e. The molecule has 0 saturated heterocycles. The fourth-order valence-corrected chi connectivity index (χ4v) is 2.93. The van der Waals surface area contributed by atoms with Crippen LogP contribution in [0.1, 0.15) is 36.3 Å². The van der Waals surface area contributed by atoms with Gasteiger partial charge in [-0.25, -0.2) is 4.79 Å². The first kappa shape index (κ1) is 16.6. The summed E-state index contributed by atoms with van der Waals surface area (Å²) in [6.45, 7) is 4.18. The average Bonchev–Trinajstić information content (AvgIpc) is 3.22. The standard InChI is InChI=1S/C19H24N2O3/c1-13-8-9-17(24-13)19(2,23)12-21-18(22)20-11-15-10-16(15)14-6-4-3-5-7-14/h3-9,15-16,23H,10-12H2,1-2H3,(H2,20,21,22). The Morgan fingerprint density at radius 1 is 1.25 bits per heavy atom. The van der Waals surface area contributed by atoms with E-state index in [9.17, 15) is 9.90 Å². The van der Waals surface area contributed by atoms with Crippen molar-refractivity contribution in [1.82, 2.24) is 10.6 Å². The second kappa shape index (κ2) is 6.69. The van der Waals surface area contributed by atoms with E-state index in [1.54, 1.807) is 19.1 Å². The van der Waals surface area contributed by atoms with E-state index in [4.69, 9.17) is 4.42 Å². The van der Waals surface area contributed by atoms with Crippen molar-refractivity contribution in [3.8, 4) is 0 Å². The molecule has 3 unspecified atom stereocenters. The molecule has 0 bridgehead atoms. The third-order valence-electron chi connectivity index (χ3n) is 4.54. The minimum absolute atomic E-state index is 0.0958. The summed E-state index contributed by atoms with van der Waals surface area (Å²) in [6.07, 6.45) is 1.10. The number of amides is 2. The molecule has 5 heteroatoms. The second-order valence-corrected chi connectivity index (χ2v) is 6.76. The van der Waals surface area contributed by atoms with Gasteiger partial charge in [-0.1, -0.05) is 30.3 Å². The first-order valence-electron chi connectivity index (χ1n) is 8.31. The largest absolute Gasteiger partial charge is 0.463 e. The Balaban J connectivity index is 1.41. The van der Waals surface area contributed by atoms with E-state index in [0.717, 1.165) is 12.2 Å². The van der Waals surface area contributed by atoms with Gasteiger partial charge in [-0.3, -0.25) is 0 Å². The highest BCUT2D eigenvalue weighted by Crippen LogP contribution is 2.46. The van der Waals surface area contributed by atoms with Crippen molar-refractivity contribution in [2.24, 2.45) is 5.92 Å². The number of rotatable bonds is 6. The first-order chi connectivity index (χ1) is 11.5. The molecule has 0 spiro atoms. The van der Waals surface area contributed by atoms with Crippen molar-refractivity contribution < 1.29 is 14.3 Å². The zero-order valence-electron chi connectivity index (χ0n) is 14.1. The van der Waals surface area contributed by atoms with Crippen LogP contribution in [0.15, 0.2) is 46.9 Å². The molecule has 0 aliphatic heterocycles. The number of carbonyl (C=O) groups excluding carboxylic acids is 1. The Morgan fingerprint density at radius 3 is 2.67 bits per heavy atom. The van der Waals surface area contributed by atoms with Gasteiger partial charge in [0.05, 0.1) is 6.54 Å². The normalized spacial score (nSPS) is 21.8. The van der Waals surface area contributed by atoms with E-state index in [1.165, 1.54) is 5.56 Å². The molecular weight excluding hydrogens is 304 g/mol. The fourth-order valence-electron chi connectivity index (χ4n) is 2.93. The fraction of sp³-hybridized carbons (Fsp3) is 0.421. The van der Waals surface area contributed by atoms with Crippen molar-refractivity contribution in [3.63, 3.8) is 0 Å². The predicted octanol–water partition coefficient (Wildman–Crippen LogP) is 2.90. The molecule has 1 aromatic carbocycles. The van der Waals surface area contributed by atoms with Crippen LogP contribution in [-0.2, 0) is 5.60 Å². The highest BCUT2D eigenvalue weighted by molar-refractivity contribution is 5.74. The summed E-state index contributed by atoms with van der Waals surface area (Å²) in [5.41, 5.74) is 0.110. The van der Waals surface area contributed by atoms with Gasteiger partial charge in [0.2, 0.25) is 0 Å². The molecule has 5 nitrogen and oxygen atoms in total. The molecule has 0 radical (unpaired) electrons. The molecule has 1 aliphatic carbocycles. The lowest BCUT2D eigenvalue weighted by molar-refractivity contribution is 0.0360. The van der Waals surface area contributed by atoms with E-state index in [-0.39, 0.29) is 12.6 Å². The van der Waals surface area contributed by atoms with Crippen molar-refractivity contribution in [1.29, 1.82) is 0 Å². The highest BCUT2D eigenvalue weighted by Gasteiger charge is 2.38. The van der Waals surface area contributed by atoms with Crippen molar-refractivity contribution in [3.05, 3.63) is 59.5 Å². The van der Waals surface area contributed by atoms with Gasteiger partial charge in [0, 0.05) is 6.54 Å². The van der Waals surface area contributed by atoms with Crippen LogP contribution < -0.4 is 10.6 Å². The van der Waals surface area contributed by atoms with Crippen LogP contribution in [-0.4, -0.2) is 24.2 Å². The summed E-state index contributed by atoms with van der Waals surface area (Å²) in [4.78, 5) is 11.9. The van der Waals surface area contributed by atoms with Crippen LogP contribution in [0.3, 0.4) is 0 Å². The van der Waals surface area contributed by atoms with Gasteiger partial charge in [-0.2, -0.15) is 0 Å². The minimum atomic E-state index is -1.22. The number of aliphatic hydroxyl groups is 1. The van der Waals surface area contributed by atoms with Crippen LogP contribution in [0, 0.1) is 12.8 Å². The molecule has 2 amide bonds. The molecule has 1 aromatic heterocycles. The van der Waals surface area contributed by atoms with Crippen LogP contribution in [0.5, 0.6) is 0 Å². The number of nitrogens with one attached hydrogen (secondary N) is 2. The van der Waals surface area contributed by atoms with Gasteiger partial charge in [0.1, 0.15) is 17.1 Å². The predicted molar refractivity (Wildman–Crippen MR) is 91.7 cm³/mol. The Morgan fingerprint density at radius 2 is 2.00 bits per heavy atom. The molecule has 3 atom stereocenters. The van der Waals surface area contributed by atoms with Gasteiger partial charge < -0.3 is 20.2 Å². The molecule has 1 fully saturated rings. The zero-order valence-corrected chi connectivity index (χ0v) is 14.1. The van der Waals surface area contributed by atoms with Crippen molar-refractivity contribution in [2.75, 3.05) is 13.1 Å². The maximum atomic E-state index is 11.9. The summed E-state index contributed by atoms with van der Waals surface area (Å²) in [6, 6.07) is 13.6. The maximum absolute atomic E-state index is 11.9. The van der Waals surface area contributed by atoms with E-state index >= 15 is 0 Å². The number of hydrogen-bond donors (Lipinski definition) is 3. The lowest BCUT2D eigenvalue weighted by Gasteiger charge is -2.21. The second-order valence-electron chi connectivity index (χ2n) is 6.76. The quantitative estimate of drug-likeness (QED) is 0.763. The van der Waals surface area contributed by atoms with Crippen molar-refractivity contribution in [2.45, 2.75) is 31.8 Å². The van der Waals surface area contributed by atoms with Crippen LogP contribution in [0.25, 0.3) is 0 Å². The molecule has 24 heavy (non-hydrogen) atoms. The third kappa shape index (κ3) is 3.97. The molecule has 1 heterocycles. The smallest absolute Gasteiger partial charge is 0.314 e. The molecule has 1 aliphatic rings. The van der Waals surface area contributed by atoms with Gasteiger partial charge in [-0.05, 0) is 49.8 Å². The Kier molecular flexibility index (Phi) is 4.62. The third-order valence-corrected chi connectivity index (χ3v) is 4.54. The number of urea groups is 1. The molecule has 128 valence electrons. The van der Waals surface area contributed by atoms with Gasteiger partial charge in [-0.15, -0.1) is 0 Å². The molecule has 2 aromatic rings. The monoisotopic (exact) mass is 328 g/mol. The average molecular weight is 328 g/mol. The number of aryl methyl sites for hydroxylation is 1. The van der Waals surface area contributed by atoms with Gasteiger partial charge in [0.25, 0.3) is 0 Å². The molecule has 3 N–H and O–H groups in total. The van der Waals surface area contributed by atoms with E-state index in [2.05, 4.69) is 22.8 Å². The summed E-state index contributed by atoms with van der Waals surface area (Å²) < 4.78 is 5.43. The summed E-state index contributed by atoms with van der Waals surface area (Å²) in [5, 5.41) is 16.0. The summed E-state index contributed by atoms with van der Waals surface area (Å²) >= 11 is 0.